The fourth-order valence-corrected chi connectivity index (χ4v) is 9.56. The number of hydrogen-bond acceptors (Lipinski definition) is 4. The number of rotatable bonds is 4. The van der Waals surface area contributed by atoms with Crippen LogP contribution in [0.4, 0.5) is 27.6 Å². The van der Waals surface area contributed by atoms with Crippen molar-refractivity contribution in [1.29, 1.82) is 0 Å². The van der Waals surface area contributed by atoms with Gasteiger partial charge in [0.1, 0.15) is 5.60 Å². The number of allylic oxidation sites excluding steroid dienone is 4. The second-order valence-electron chi connectivity index (χ2n) is 14.2. The van der Waals surface area contributed by atoms with Gasteiger partial charge in [-0.2, -0.15) is 22.0 Å². The minimum Gasteiger partial charge on any atom is -0.383 e. The van der Waals surface area contributed by atoms with E-state index in [0.29, 0.717) is 63.0 Å². The van der Waals surface area contributed by atoms with Crippen molar-refractivity contribution in [3.05, 3.63) is 88.5 Å². The average Bonchev–Trinajstić information content (AvgIpc) is 3.35. The normalized spacial score (nSPS) is 31.3. The van der Waals surface area contributed by atoms with Crippen molar-refractivity contribution in [1.82, 2.24) is 4.90 Å². The van der Waals surface area contributed by atoms with E-state index < -0.39 is 41.4 Å². The Labute approximate surface area is 271 Å². The van der Waals surface area contributed by atoms with Gasteiger partial charge in [-0.05, 0) is 97.4 Å². The third-order valence-electron chi connectivity index (χ3n) is 12.0. The molecule has 0 bridgehead atoms. The number of carbonyl (C=O) groups excluding carboxylic acids is 2. The monoisotopic (exact) mass is 654 g/mol. The summed E-state index contributed by atoms with van der Waals surface area (Å²) in [5.41, 5.74) is 0.269. The molecule has 1 heterocycles. The quantitative estimate of drug-likeness (QED) is 0.348. The number of anilines is 1. The van der Waals surface area contributed by atoms with Gasteiger partial charge in [0.25, 0.3) is 5.91 Å². The molecule has 1 saturated heterocycles. The Morgan fingerprint density at radius 3 is 2.23 bits per heavy atom. The zero-order valence-corrected chi connectivity index (χ0v) is 26.3. The summed E-state index contributed by atoms with van der Waals surface area (Å²) in [4.78, 5) is 29.8. The molecule has 4 aliphatic carbocycles. The number of fused-ring (bicyclic) bond motifs is 4. The van der Waals surface area contributed by atoms with Gasteiger partial charge >= 0.3 is 12.1 Å². The molecule has 47 heavy (non-hydrogen) atoms. The molecule has 0 radical (unpaired) electrons. The van der Waals surface area contributed by atoms with Gasteiger partial charge in [-0.1, -0.05) is 42.8 Å². The lowest BCUT2D eigenvalue weighted by atomic mass is 9.50. The SMILES string of the molecule is CC12C[C@H](c3ccc(C(=O)N4CCN(c5ccccc5)CC4)cc3)C3=C4CCC(=O)C=C4CCC3[C@@H]1CC[C@@]2(O)C(F)(F)C(F)(F)F. The maximum absolute atomic E-state index is 15.3. The Hall–Kier alpha value is -3.53. The minimum atomic E-state index is -5.89. The third-order valence-corrected chi connectivity index (χ3v) is 12.0. The van der Waals surface area contributed by atoms with Crippen molar-refractivity contribution in [3.8, 4) is 0 Å². The van der Waals surface area contributed by atoms with Crippen LogP contribution in [0, 0.1) is 17.3 Å². The maximum atomic E-state index is 15.3. The van der Waals surface area contributed by atoms with E-state index in [-0.39, 0.29) is 30.4 Å². The fourth-order valence-electron chi connectivity index (χ4n) is 9.56. The zero-order chi connectivity index (χ0) is 33.4. The molecule has 5 nitrogen and oxygen atoms in total. The van der Waals surface area contributed by atoms with Gasteiger partial charge in [0.05, 0.1) is 0 Å². The van der Waals surface area contributed by atoms with Crippen LogP contribution >= 0.6 is 0 Å². The number of carbonyl (C=O) groups is 2. The van der Waals surface area contributed by atoms with Crippen LogP contribution in [0.5, 0.6) is 0 Å². The highest BCUT2D eigenvalue weighted by Crippen LogP contribution is 2.70. The molecule has 5 aliphatic rings. The molecule has 1 amide bonds. The van der Waals surface area contributed by atoms with E-state index in [1.807, 2.05) is 30.3 Å². The van der Waals surface area contributed by atoms with E-state index in [1.165, 1.54) is 6.92 Å². The number of nitrogens with zero attached hydrogens (tertiary/aromatic N) is 2. The molecule has 7 rings (SSSR count). The molecule has 3 fully saturated rings. The average molecular weight is 655 g/mol. The predicted octanol–water partition coefficient (Wildman–Crippen LogP) is 7.48. The molecule has 250 valence electrons. The molecule has 1 N–H and O–H groups in total. The van der Waals surface area contributed by atoms with Crippen LogP contribution < -0.4 is 4.90 Å². The molecule has 2 aromatic rings. The third kappa shape index (κ3) is 4.96. The Kier molecular flexibility index (Phi) is 7.69. The van der Waals surface area contributed by atoms with Gasteiger partial charge in [-0.15, -0.1) is 0 Å². The van der Waals surface area contributed by atoms with E-state index in [1.54, 1.807) is 35.2 Å². The number of halogens is 5. The number of benzene rings is 2. The van der Waals surface area contributed by atoms with Crippen molar-refractivity contribution in [2.45, 2.75) is 75.5 Å². The highest BCUT2D eigenvalue weighted by atomic mass is 19.4. The number of amides is 1. The zero-order valence-electron chi connectivity index (χ0n) is 26.3. The lowest BCUT2D eigenvalue weighted by Gasteiger charge is -2.56. The number of piperazine rings is 1. The molecule has 2 saturated carbocycles. The van der Waals surface area contributed by atoms with Gasteiger partial charge in [0, 0.05) is 55.2 Å². The predicted molar refractivity (Wildman–Crippen MR) is 167 cm³/mol. The van der Waals surface area contributed by atoms with Crippen LogP contribution in [0.2, 0.25) is 0 Å². The molecule has 2 aromatic carbocycles. The summed E-state index contributed by atoms with van der Waals surface area (Å²) in [5.74, 6) is -6.76. The molecule has 0 spiro atoms. The Bertz CT molecular complexity index is 1630. The van der Waals surface area contributed by atoms with Crippen LogP contribution in [0.25, 0.3) is 0 Å². The molecule has 2 unspecified atom stereocenters. The second kappa shape index (κ2) is 11.3. The smallest absolute Gasteiger partial charge is 0.383 e. The van der Waals surface area contributed by atoms with Crippen LogP contribution in [0.1, 0.15) is 73.7 Å². The lowest BCUT2D eigenvalue weighted by Crippen LogP contribution is -2.65. The number of para-hydroxylation sites is 1. The first-order valence-corrected chi connectivity index (χ1v) is 16.6. The topological polar surface area (TPSA) is 60.9 Å². The standard InChI is InChI=1S/C37H39F5N2O3/c1-34-22-30(23-7-9-24(10-8-23)33(46)44-19-17-43(18-20-44)26-5-3-2-4-6-26)32-28-14-12-27(45)21-25(28)11-13-29(32)31(34)15-16-35(34,47)36(38,39)37(40,41)42/h2-10,21,29-31,47H,11-20,22H2,1H3/t29?,30-,31+,34?,35+/m1/s1. The molecule has 10 heteroatoms. The Morgan fingerprint density at radius 1 is 0.894 bits per heavy atom. The summed E-state index contributed by atoms with van der Waals surface area (Å²) in [6, 6.07) is 17.0. The Balaban J connectivity index is 1.21. The summed E-state index contributed by atoms with van der Waals surface area (Å²) < 4.78 is 72.1. The summed E-state index contributed by atoms with van der Waals surface area (Å²) in [7, 11) is 0. The van der Waals surface area contributed by atoms with E-state index >= 15 is 8.78 Å². The number of alkyl halides is 5. The minimum absolute atomic E-state index is 0.0347. The first kappa shape index (κ1) is 32.0. The summed E-state index contributed by atoms with van der Waals surface area (Å²) >= 11 is 0. The van der Waals surface area contributed by atoms with Crippen LogP contribution in [-0.2, 0) is 4.79 Å². The van der Waals surface area contributed by atoms with Crippen LogP contribution in [0.3, 0.4) is 0 Å². The largest absolute Gasteiger partial charge is 0.456 e. The van der Waals surface area contributed by atoms with E-state index in [4.69, 9.17) is 0 Å². The van der Waals surface area contributed by atoms with Crippen molar-refractivity contribution in [3.63, 3.8) is 0 Å². The molecular weight excluding hydrogens is 615 g/mol. The first-order valence-electron chi connectivity index (χ1n) is 16.6. The van der Waals surface area contributed by atoms with Gasteiger partial charge in [-0.25, -0.2) is 0 Å². The first-order chi connectivity index (χ1) is 22.2. The number of hydrogen-bond donors (Lipinski definition) is 1. The summed E-state index contributed by atoms with van der Waals surface area (Å²) in [6.45, 7) is 3.91. The molecular formula is C37H39F5N2O3. The van der Waals surface area contributed by atoms with Crippen molar-refractivity contribution in [2.24, 2.45) is 17.3 Å². The molecule has 0 aromatic heterocycles. The maximum Gasteiger partial charge on any atom is 0.456 e. The van der Waals surface area contributed by atoms with E-state index in [0.717, 1.165) is 22.4 Å². The highest BCUT2D eigenvalue weighted by Gasteiger charge is 2.79. The highest BCUT2D eigenvalue weighted by molar-refractivity contribution is 5.94. The summed E-state index contributed by atoms with van der Waals surface area (Å²) in [6.07, 6.45) is -3.00. The molecule has 1 aliphatic heterocycles. The lowest BCUT2D eigenvalue weighted by molar-refractivity contribution is -0.362. The fraction of sp³-hybridized carbons (Fsp3) is 0.514. The second-order valence-corrected chi connectivity index (χ2v) is 14.2. The summed E-state index contributed by atoms with van der Waals surface area (Å²) in [5, 5.41) is 11.5. The van der Waals surface area contributed by atoms with E-state index in [9.17, 15) is 27.9 Å². The number of ketones is 1. The van der Waals surface area contributed by atoms with Crippen molar-refractivity contribution < 1.29 is 36.6 Å². The van der Waals surface area contributed by atoms with Crippen molar-refractivity contribution >= 4 is 17.4 Å². The van der Waals surface area contributed by atoms with Crippen LogP contribution in [0.15, 0.2) is 77.4 Å². The van der Waals surface area contributed by atoms with Gasteiger partial charge in [0.15, 0.2) is 5.78 Å². The Morgan fingerprint density at radius 2 is 1.57 bits per heavy atom. The van der Waals surface area contributed by atoms with E-state index in [2.05, 4.69) is 4.90 Å². The van der Waals surface area contributed by atoms with Crippen LogP contribution in [-0.4, -0.2) is 65.6 Å². The number of aliphatic hydroxyl groups is 1. The van der Waals surface area contributed by atoms with Gasteiger partial charge in [-0.3, -0.25) is 9.59 Å². The molecule has 5 atom stereocenters. The van der Waals surface area contributed by atoms with Gasteiger partial charge in [0.2, 0.25) is 0 Å². The van der Waals surface area contributed by atoms with Crippen molar-refractivity contribution in [2.75, 3.05) is 31.1 Å². The van der Waals surface area contributed by atoms with Gasteiger partial charge < -0.3 is 14.9 Å².